The summed E-state index contributed by atoms with van der Waals surface area (Å²) in [4.78, 5) is 5.22. The molecule has 1 N–H and O–H groups in total. The molecule has 0 spiro atoms. The Morgan fingerprint density at radius 3 is 3.00 bits per heavy atom. The summed E-state index contributed by atoms with van der Waals surface area (Å²) >= 11 is 1.58. The minimum atomic E-state index is -0.637. The first-order valence-corrected chi connectivity index (χ1v) is 6.22. The van der Waals surface area contributed by atoms with Crippen LogP contribution < -0.4 is 0 Å². The van der Waals surface area contributed by atoms with E-state index in [1.165, 1.54) is 5.56 Å². The molecule has 0 radical (unpaired) electrons. The van der Waals surface area contributed by atoms with Crippen LogP contribution in [0, 0.1) is 0 Å². The summed E-state index contributed by atoms with van der Waals surface area (Å²) in [5.41, 5.74) is 1.20. The summed E-state index contributed by atoms with van der Waals surface area (Å²) in [6, 6.07) is 2.06. The fourth-order valence-corrected chi connectivity index (χ4v) is 2.36. The van der Waals surface area contributed by atoms with Crippen LogP contribution in [-0.2, 0) is 6.42 Å². The van der Waals surface area contributed by atoms with E-state index in [1.807, 2.05) is 12.3 Å². The highest BCUT2D eigenvalue weighted by atomic mass is 32.1. The fraction of sp³-hybridized carbons (Fsp3) is 0.455. The Morgan fingerprint density at radius 1 is 1.50 bits per heavy atom. The lowest BCUT2D eigenvalue weighted by Gasteiger charge is -1.98. The number of aliphatic hydroxyl groups is 1. The van der Waals surface area contributed by atoms with E-state index in [1.54, 1.807) is 11.3 Å². The Kier molecular flexibility index (Phi) is 3.36. The molecule has 4 nitrogen and oxygen atoms in total. The van der Waals surface area contributed by atoms with Crippen LogP contribution in [0.5, 0.6) is 0 Å². The molecule has 86 valence electrons. The molecule has 2 aromatic rings. The number of thiophene rings is 1. The number of nitrogens with zero attached hydrogens (tertiary/aromatic N) is 2. The van der Waals surface area contributed by atoms with Crippen molar-refractivity contribution in [3.63, 3.8) is 0 Å². The van der Waals surface area contributed by atoms with Gasteiger partial charge in [0.15, 0.2) is 0 Å². The molecule has 0 amide bonds. The minimum Gasteiger partial charge on any atom is -0.385 e. The molecule has 1 unspecified atom stereocenters. The van der Waals surface area contributed by atoms with Gasteiger partial charge >= 0.3 is 0 Å². The highest BCUT2D eigenvalue weighted by Gasteiger charge is 2.17. The van der Waals surface area contributed by atoms with E-state index >= 15 is 0 Å². The Bertz CT molecular complexity index is 464. The SMILES string of the molecule is CCc1ccsc1-c1nc(C(O)CC)no1. The van der Waals surface area contributed by atoms with Crippen LogP contribution in [0.1, 0.15) is 37.8 Å². The normalized spacial score (nSPS) is 12.9. The van der Waals surface area contributed by atoms with Crippen molar-refractivity contribution in [1.29, 1.82) is 0 Å². The van der Waals surface area contributed by atoms with Crippen molar-refractivity contribution in [3.8, 4) is 10.8 Å². The molecule has 0 aliphatic heterocycles. The van der Waals surface area contributed by atoms with Gasteiger partial charge in [-0.25, -0.2) is 0 Å². The van der Waals surface area contributed by atoms with E-state index in [2.05, 4.69) is 23.1 Å². The summed E-state index contributed by atoms with van der Waals surface area (Å²) in [6.45, 7) is 3.97. The predicted octanol–water partition coefficient (Wildman–Crippen LogP) is 2.80. The lowest BCUT2D eigenvalue weighted by Crippen LogP contribution is -1.97. The summed E-state index contributed by atoms with van der Waals surface area (Å²) in [6.07, 6.45) is 0.888. The third-order valence-electron chi connectivity index (χ3n) is 2.45. The van der Waals surface area contributed by atoms with Crippen molar-refractivity contribution in [2.75, 3.05) is 0 Å². The lowest BCUT2D eigenvalue weighted by atomic mass is 10.2. The van der Waals surface area contributed by atoms with Crippen LogP contribution in [0.15, 0.2) is 16.0 Å². The lowest BCUT2D eigenvalue weighted by molar-refractivity contribution is 0.159. The molecule has 0 saturated heterocycles. The largest absolute Gasteiger partial charge is 0.385 e. The smallest absolute Gasteiger partial charge is 0.268 e. The number of hydrogen-bond donors (Lipinski definition) is 1. The van der Waals surface area contributed by atoms with Crippen molar-refractivity contribution in [2.24, 2.45) is 0 Å². The molecule has 0 saturated carbocycles. The van der Waals surface area contributed by atoms with E-state index in [4.69, 9.17) is 4.52 Å². The highest BCUT2D eigenvalue weighted by molar-refractivity contribution is 7.13. The molecule has 1 atom stereocenters. The Hall–Kier alpha value is -1.20. The maximum absolute atomic E-state index is 9.59. The maximum atomic E-state index is 9.59. The van der Waals surface area contributed by atoms with Crippen LogP contribution in [0.2, 0.25) is 0 Å². The van der Waals surface area contributed by atoms with Crippen LogP contribution in [-0.4, -0.2) is 15.2 Å². The average Bonchev–Trinajstić information content (AvgIpc) is 2.95. The number of hydrogen-bond acceptors (Lipinski definition) is 5. The third kappa shape index (κ3) is 2.01. The van der Waals surface area contributed by atoms with Gasteiger partial charge in [-0.15, -0.1) is 11.3 Å². The first-order chi connectivity index (χ1) is 7.76. The van der Waals surface area contributed by atoms with Gasteiger partial charge in [0.1, 0.15) is 6.10 Å². The predicted molar refractivity (Wildman–Crippen MR) is 62.2 cm³/mol. The topological polar surface area (TPSA) is 59.2 Å². The second-order valence-corrected chi connectivity index (χ2v) is 4.43. The van der Waals surface area contributed by atoms with E-state index in [9.17, 15) is 5.11 Å². The molecule has 0 bridgehead atoms. The van der Waals surface area contributed by atoms with E-state index in [0.717, 1.165) is 11.3 Å². The minimum absolute atomic E-state index is 0.368. The maximum Gasteiger partial charge on any atom is 0.268 e. The van der Waals surface area contributed by atoms with Gasteiger partial charge in [-0.2, -0.15) is 4.98 Å². The van der Waals surface area contributed by atoms with Crippen molar-refractivity contribution in [2.45, 2.75) is 32.8 Å². The van der Waals surface area contributed by atoms with Crippen LogP contribution in [0.4, 0.5) is 0 Å². The van der Waals surface area contributed by atoms with Crippen LogP contribution in [0.25, 0.3) is 10.8 Å². The monoisotopic (exact) mass is 238 g/mol. The van der Waals surface area contributed by atoms with Gasteiger partial charge in [-0.05, 0) is 29.9 Å². The van der Waals surface area contributed by atoms with Crippen molar-refractivity contribution < 1.29 is 9.63 Å². The first-order valence-electron chi connectivity index (χ1n) is 5.34. The van der Waals surface area contributed by atoms with Gasteiger partial charge in [0, 0.05) is 0 Å². The van der Waals surface area contributed by atoms with Gasteiger partial charge < -0.3 is 9.63 Å². The van der Waals surface area contributed by atoms with Gasteiger partial charge in [0.2, 0.25) is 5.82 Å². The molecule has 0 aliphatic rings. The van der Waals surface area contributed by atoms with Crippen LogP contribution >= 0.6 is 11.3 Å². The standard InChI is InChI=1S/C11H14N2O2S/c1-3-7-5-6-16-9(7)11-12-10(13-15-11)8(14)4-2/h5-6,8,14H,3-4H2,1-2H3. The molecule has 2 heterocycles. The Morgan fingerprint density at radius 2 is 2.31 bits per heavy atom. The summed E-state index contributed by atoms with van der Waals surface area (Å²) in [7, 11) is 0. The molecule has 2 aromatic heterocycles. The molecule has 0 aromatic carbocycles. The summed E-state index contributed by atoms with van der Waals surface area (Å²) < 4.78 is 5.16. The molecule has 16 heavy (non-hydrogen) atoms. The quantitative estimate of drug-likeness (QED) is 0.889. The van der Waals surface area contributed by atoms with E-state index in [-0.39, 0.29) is 0 Å². The Balaban J connectivity index is 2.31. The number of rotatable bonds is 4. The summed E-state index contributed by atoms with van der Waals surface area (Å²) in [5, 5.41) is 15.4. The van der Waals surface area contributed by atoms with Gasteiger partial charge in [-0.1, -0.05) is 19.0 Å². The zero-order chi connectivity index (χ0) is 11.5. The Labute approximate surface area is 97.9 Å². The van der Waals surface area contributed by atoms with E-state index in [0.29, 0.717) is 18.1 Å². The number of aromatic nitrogens is 2. The second kappa shape index (κ2) is 4.76. The van der Waals surface area contributed by atoms with Crippen molar-refractivity contribution in [1.82, 2.24) is 10.1 Å². The van der Waals surface area contributed by atoms with Gasteiger partial charge in [0.05, 0.1) is 4.88 Å². The molecule has 2 rings (SSSR count). The molecular formula is C11H14N2O2S. The molecule has 0 aliphatic carbocycles. The third-order valence-corrected chi connectivity index (χ3v) is 3.39. The van der Waals surface area contributed by atoms with Gasteiger partial charge in [-0.3, -0.25) is 0 Å². The highest BCUT2D eigenvalue weighted by Crippen LogP contribution is 2.29. The van der Waals surface area contributed by atoms with Crippen molar-refractivity contribution >= 4 is 11.3 Å². The summed E-state index contributed by atoms with van der Waals surface area (Å²) in [5.74, 6) is 0.877. The number of aliphatic hydroxyl groups excluding tert-OH is 1. The number of aryl methyl sites for hydroxylation is 1. The fourth-order valence-electron chi connectivity index (χ4n) is 1.45. The van der Waals surface area contributed by atoms with Crippen LogP contribution in [0.3, 0.4) is 0 Å². The first kappa shape index (κ1) is 11.3. The zero-order valence-corrected chi connectivity index (χ0v) is 10.1. The van der Waals surface area contributed by atoms with E-state index < -0.39 is 6.10 Å². The molecule has 5 heteroatoms. The zero-order valence-electron chi connectivity index (χ0n) is 9.30. The average molecular weight is 238 g/mol. The van der Waals surface area contributed by atoms with Crippen molar-refractivity contribution in [3.05, 3.63) is 22.8 Å². The van der Waals surface area contributed by atoms with Gasteiger partial charge in [0.25, 0.3) is 5.89 Å². The molecular weight excluding hydrogens is 224 g/mol. The second-order valence-electron chi connectivity index (χ2n) is 3.51. The molecule has 0 fully saturated rings.